The standard InChI is InChI=1S/2C42H72O3S.Ba/c2*1-3-5-7-9-11-13-15-17-19-21-23-25-27-29-35-40-39-34-32-31-33-38(39)37-42(46(43,44)45)41(40)36-30-28-26-24-22-20-18-16-14-12-10-8-6-4-2;/h2*31-34,37H,3-30,35-36H2,1-2H3,(H,43,44,45);/q;;+2/p-2. The van der Waals surface area contributed by atoms with E-state index < -0.39 is 20.2 Å². The fourth-order valence-electron chi connectivity index (χ4n) is 14.4. The summed E-state index contributed by atoms with van der Waals surface area (Å²) in [6, 6.07) is 19.4. The molecule has 528 valence electrons. The normalized spacial score (nSPS) is 11.8. The molecule has 0 aliphatic carbocycles. The maximum Gasteiger partial charge on any atom is 2.00 e. The smallest absolute Gasteiger partial charge is 0.744 e. The first-order chi connectivity index (χ1) is 45.0. The molecule has 4 aromatic carbocycles. The molecule has 0 unspecified atom stereocenters. The van der Waals surface area contributed by atoms with Crippen LogP contribution in [0.25, 0.3) is 21.5 Å². The predicted octanol–water partition coefficient (Wildman–Crippen LogP) is 27.2. The Morgan fingerprint density at radius 3 is 0.581 bits per heavy atom. The van der Waals surface area contributed by atoms with Crippen molar-refractivity contribution in [3.05, 3.63) is 82.9 Å². The van der Waals surface area contributed by atoms with Crippen molar-refractivity contribution in [2.75, 3.05) is 0 Å². The molecule has 0 atom stereocenters. The molecule has 0 saturated heterocycles. The molecule has 6 nitrogen and oxygen atoms in total. The number of fused-ring (bicyclic) bond motifs is 2. The Morgan fingerprint density at radius 2 is 0.398 bits per heavy atom. The third-order valence-electron chi connectivity index (χ3n) is 20.1. The third-order valence-corrected chi connectivity index (χ3v) is 21.9. The maximum absolute atomic E-state index is 12.4. The van der Waals surface area contributed by atoms with Gasteiger partial charge in [-0.3, -0.25) is 0 Å². The fourth-order valence-corrected chi connectivity index (χ4v) is 16.0. The van der Waals surface area contributed by atoms with Gasteiger partial charge in [0.2, 0.25) is 0 Å². The van der Waals surface area contributed by atoms with Gasteiger partial charge in [-0.2, -0.15) is 0 Å². The topological polar surface area (TPSA) is 114 Å². The Morgan fingerprint density at radius 1 is 0.237 bits per heavy atom. The Bertz CT molecular complexity index is 2430. The summed E-state index contributed by atoms with van der Waals surface area (Å²) < 4.78 is 74.7. The van der Waals surface area contributed by atoms with Crippen LogP contribution in [0.5, 0.6) is 0 Å². The van der Waals surface area contributed by atoms with Crippen LogP contribution >= 0.6 is 0 Å². The van der Waals surface area contributed by atoms with Crippen molar-refractivity contribution >= 4 is 90.7 Å². The molecule has 0 N–H and O–H groups in total. The molecule has 0 heterocycles. The Kier molecular flexibility index (Phi) is 56.4. The Labute approximate surface area is 616 Å². The van der Waals surface area contributed by atoms with Crippen LogP contribution in [0.1, 0.15) is 410 Å². The minimum absolute atomic E-state index is 0. The van der Waals surface area contributed by atoms with E-state index in [1.54, 1.807) is 12.1 Å². The molecule has 0 spiro atoms. The molecule has 0 bridgehead atoms. The van der Waals surface area contributed by atoms with Gasteiger partial charge in [0.25, 0.3) is 0 Å². The van der Waals surface area contributed by atoms with Crippen LogP contribution in [0.2, 0.25) is 0 Å². The van der Waals surface area contributed by atoms with Crippen LogP contribution in [0, 0.1) is 0 Å². The molecular weight excluding hydrogens is 1310 g/mol. The van der Waals surface area contributed by atoms with Gasteiger partial charge in [0, 0.05) is 0 Å². The summed E-state index contributed by atoms with van der Waals surface area (Å²) in [6.07, 6.45) is 76.5. The molecule has 4 aromatic rings. The molecule has 0 aliphatic rings. The summed E-state index contributed by atoms with van der Waals surface area (Å²) in [5.41, 5.74) is 3.84. The molecule has 93 heavy (non-hydrogen) atoms. The van der Waals surface area contributed by atoms with E-state index in [0.717, 1.165) is 95.2 Å². The molecule has 4 rings (SSSR count). The van der Waals surface area contributed by atoms with Crippen molar-refractivity contribution in [2.24, 2.45) is 0 Å². The van der Waals surface area contributed by atoms with Crippen molar-refractivity contribution in [3.8, 4) is 0 Å². The van der Waals surface area contributed by atoms with Crippen molar-refractivity contribution in [1.29, 1.82) is 0 Å². The molecule has 0 aromatic heterocycles. The summed E-state index contributed by atoms with van der Waals surface area (Å²) >= 11 is 0. The number of rotatable bonds is 62. The van der Waals surface area contributed by atoms with Gasteiger partial charge in [-0.05, 0) is 107 Å². The van der Waals surface area contributed by atoms with Crippen molar-refractivity contribution in [3.63, 3.8) is 0 Å². The number of benzene rings is 4. The molecule has 0 saturated carbocycles. The van der Waals surface area contributed by atoms with Crippen LogP contribution in [0.15, 0.2) is 70.5 Å². The van der Waals surface area contributed by atoms with E-state index in [1.807, 2.05) is 36.4 Å². The number of hydrogen-bond donors (Lipinski definition) is 0. The van der Waals surface area contributed by atoms with Crippen molar-refractivity contribution in [1.82, 2.24) is 0 Å². The van der Waals surface area contributed by atoms with Gasteiger partial charge < -0.3 is 9.11 Å². The average Bonchev–Trinajstić information content (AvgIpc) is 0.794. The molecule has 0 aliphatic heterocycles. The first kappa shape index (κ1) is 87.9. The first-order valence-corrected chi connectivity index (χ1v) is 42.8. The van der Waals surface area contributed by atoms with Crippen LogP contribution < -0.4 is 0 Å². The van der Waals surface area contributed by atoms with E-state index in [2.05, 4.69) is 39.8 Å². The van der Waals surface area contributed by atoms with E-state index in [0.29, 0.717) is 12.8 Å². The van der Waals surface area contributed by atoms with Gasteiger partial charge in [-0.25, -0.2) is 16.8 Å². The van der Waals surface area contributed by atoms with Crippen molar-refractivity contribution < 1.29 is 25.9 Å². The summed E-state index contributed by atoms with van der Waals surface area (Å²) in [5, 5.41) is 4.01. The van der Waals surface area contributed by atoms with E-state index in [-0.39, 0.29) is 58.7 Å². The number of hydrogen-bond acceptors (Lipinski definition) is 6. The van der Waals surface area contributed by atoms with Crippen LogP contribution in [0.3, 0.4) is 0 Å². The van der Waals surface area contributed by atoms with Gasteiger partial charge in [0.1, 0.15) is 20.2 Å². The maximum atomic E-state index is 12.4. The van der Waals surface area contributed by atoms with Gasteiger partial charge in [0.15, 0.2) is 0 Å². The molecule has 0 radical (unpaired) electrons. The van der Waals surface area contributed by atoms with E-state index in [9.17, 15) is 25.9 Å². The van der Waals surface area contributed by atoms with E-state index in [1.165, 1.54) is 321 Å². The van der Waals surface area contributed by atoms with Gasteiger partial charge >= 0.3 is 48.9 Å². The minimum Gasteiger partial charge on any atom is -0.744 e. The van der Waals surface area contributed by atoms with Crippen LogP contribution in [0.4, 0.5) is 0 Å². The Balaban J connectivity index is 0.000000627. The summed E-state index contributed by atoms with van der Waals surface area (Å²) in [5.74, 6) is 0. The molecule has 0 amide bonds. The average molecular weight is 1450 g/mol. The molecule has 0 fully saturated rings. The summed E-state index contributed by atoms with van der Waals surface area (Å²) in [7, 11) is -9.05. The molecular formula is C84H142BaO6S2. The van der Waals surface area contributed by atoms with Crippen molar-refractivity contribution in [2.45, 2.75) is 423 Å². The largest absolute Gasteiger partial charge is 2.00 e. The zero-order valence-electron chi connectivity index (χ0n) is 61.2. The zero-order valence-corrected chi connectivity index (χ0v) is 67.2. The summed E-state index contributed by atoms with van der Waals surface area (Å²) in [6.45, 7) is 9.11. The first-order valence-electron chi connectivity index (χ1n) is 40.0. The second-order valence-electron chi connectivity index (χ2n) is 28.4. The second-order valence-corrected chi connectivity index (χ2v) is 31.1. The quantitative estimate of drug-likeness (QED) is 0.0247. The fraction of sp³-hybridized carbons (Fsp3) is 0.762. The zero-order chi connectivity index (χ0) is 66.3. The van der Waals surface area contributed by atoms with E-state index >= 15 is 0 Å². The van der Waals surface area contributed by atoms with Gasteiger partial charge in [-0.15, -0.1) is 0 Å². The minimum atomic E-state index is -4.53. The van der Waals surface area contributed by atoms with Gasteiger partial charge in [-0.1, -0.05) is 410 Å². The number of aryl methyl sites for hydroxylation is 2. The van der Waals surface area contributed by atoms with Gasteiger partial charge in [0.05, 0.1) is 9.79 Å². The second kappa shape index (κ2) is 59.6. The number of unbranched alkanes of at least 4 members (excludes halogenated alkanes) is 52. The van der Waals surface area contributed by atoms with Crippen LogP contribution in [-0.4, -0.2) is 74.8 Å². The molecule has 9 heteroatoms. The SMILES string of the molecule is CCCCCCCCCCCCCCCCc1c(S(=O)(=O)[O-])cc2ccccc2c1CCCCCCCCCCCCCCCC.CCCCCCCCCCCCCCCCc1c(S(=O)(=O)[O-])cc2ccccc2c1CCCCCCCCCCCCCCCC.[Ba+2]. The van der Waals surface area contributed by atoms with E-state index in [4.69, 9.17) is 0 Å². The third kappa shape index (κ3) is 43.2. The monoisotopic (exact) mass is 1450 g/mol. The van der Waals surface area contributed by atoms with Crippen LogP contribution in [-0.2, 0) is 45.9 Å². The summed E-state index contributed by atoms with van der Waals surface area (Å²) in [4.78, 5) is 0.0579. The Hall–Kier alpha value is -1.21. The predicted molar refractivity (Wildman–Crippen MR) is 406 cm³/mol.